The van der Waals surface area contributed by atoms with Gasteiger partial charge in [-0.15, -0.1) is 0 Å². The zero-order valence-corrected chi connectivity index (χ0v) is 12.6. The molecule has 1 saturated carbocycles. The first-order valence-corrected chi connectivity index (χ1v) is 7.06. The monoisotopic (exact) mass is 307 g/mol. The molecule has 0 aromatic rings. The molecular formula is C14H23F2NO4. The van der Waals surface area contributed by atoms with Gasteiger partial charge in [-0.05, 0) is 39.5 Å². The molecule has 0 unspecified atom stereocenters. The lowest BCUT2D eigenvalue weighted by Crippen LogP contribution is -2.43. The quantitative estimate of drug-likeness (QED) is 0.757. The Balaban J connectivity index is 2.57. The van der Waals surface area contributed by atoms with E-state index >= 15 is 0 Å². The number of ether oxygens (including phenoxy) is 1. The maximum Gasteiger partial charge on any atom is 0.407 e. The number of hydrogen-bond donors (Lipinski definition) is 2. The van der Waals surface area contributed by atoms with E-state index in [1.165, 1.54) is 0 Å². The van der Waals surface area contributed by atoms with Crippen molar-refractivity contribution in [1.82, 2.24) is 5.32 Å². The number of nitrogens with one attached hydrogen (secondary N) is 1. The second-order valence-electron chi connectivity index (χ2n) is 6.65. The van der Waals surface area contributed by atoms with Crippen molar-refractivity contribution >= 4 is 12.1 Å². The lowest BCUT2D eigenvalue weighted by molar-refractivity contribution is -0.138. The molecule has 1 atom stereocenters. The van der Waals surface area contributed by atoms with Gasteiger partial charge in [-0.2, -0.15) is 0 Å². The van der Waals surface area contributed by atoms with Gasteiger partial charge < -0.3 is 15.2 Å². The molecule has 0 bridgehead atoms. The highest BCUT2D eigenvalue weighted by Gasteiger charge is 2.40. The summed E-state index contributed by atoms with van der Waals surface area (Å²) in [5.41, 5.74) is -0.769. The second kappa shape index (κ2) is 6.58. The van der Waals surface area contributed by atoms with Crippen LogP contribution in [0.1, 0.15) is 52.9 Å². The first kappa shape index (κ1) is 17.7. The summed E-state index contributed by atoms with van der Waals surface area (Å²) in [5.74, 6) is -4.19. The largest absolute Gasteiger partial charge is 0.481 e. The third-order valence-corrected chi connectivity index (χ3v) is 2.97. The van der Waals surface area contributed by atoms with E-state index in [1.807, 2.05) is 0 Å². The highest BCUT2D eigenvalue weighted by atomic mass is 19.3. The van der Waals surface area contributed by atoms with Crippen LogP contribution in [-0.4, -0.2) is 34.7 Å². The van der Waals surface area contributed by atoms with Gasteiger partial charge in [0.1, 0.15) is 5.60 Å². The highest BCUT2D eigenvalue weighted by molar-refractivity contribution is 5.71. The molecule has 0 aliphatic heterocycles. The van der Waals surface area contributed by atoms with Gasteiger partial charge in [0.15, 0.2) is 0 Å². The zero-order chi connectivity index (χ0) is 16.3. The minimum atomic E-state index is -2.98. The van der Waals surface area contributed by atoms with Crippen molar-refractivity contribution in [2.24, 2.45) is 5.92 Å². The zero-order valence-electron chi connectivity index (χ0n) is 12.6. The minimum absolute atomic E-state index is 0.0204. The van der Waals surface area contributed by atoms with Gasteiger partial charge in [0.05, 0.1) is 6.42 Å². The van der Waals surface area contributed by atoms with Gasteiger partial charge in [0.25, 0.3) is 0 Å². The Morgan fingerprint density at radius 3 is 2.33 bits per heavy atom. The van der Waals surface area contributed by atoms with Crippen LogP contribution in [-0.2, 0) is 9.53 Å². The van der Waals surface area contributed by atoms with E-state index in [1.54, 1.807) is 20.8 Å². The Morgan fingerprint density at radius 1 is 1.33 bits per heavy atom. The number of alkyl halides is 2. The maximum atomic E-state index is 13.8. The van der Waals surface area contributed by atoms with Crippen LogP contribution < -0.4 is 5.32 Å². The molecule has 0 radical (unpaired) electrons. The third-order valence-electron chi connectivity index (χ3n) is 2.97. The minimum Gasteiger partial charge on any atom is -0.481 e. The second-order valence-corrected chi connectivity index (χ2v) is 6.65. The predicted octanol–water partition coefficient (Wildman–Crippen LogP) is 3.18. The van der Waals surface area contributed by atoms with Crippen molar-refractivity contribution in [3.05, 3.63) is 0 Å². The number of hydrogen-bond acceptors (Lipinski definition) is 3. The van der Waals surface area contributed by atoms with E-state index in [-0.39, 0.29) is 12.3 Å². The summed E-state index contributed by atoms with van der Waals surface area (Å²) < 4.78 is 32.6. The Kier molecular flexibility index (Phi) is 5.53. The van der Waals surface area contributed by atoms with E-state index in [0.717, 1.165) is 12.8 Å². The Morgan fingerprint density at radius 2 is 1.90 bits per heavy atom. The fourth-order valence-electron chi connectivity index (χ4n) is 2.05. The lowest BCUT2D eigenvalue weighted by atomic mass is 10.0. The van der Waals surface area contributed by atoms with Crippen LogP contribution in [0.5, 0.6) is 0 Å². The first-order valence-electron chi connectivity index (χ1n) is 7.06. The smallest absolute Gasteiger partial charge is 0.407 e. The van der Waals surface area contributed by atoms with Crippen molar-refractivity contribution in [3.8, 4) is 0 Å². The molecule has 21 heavy (non-hydrogen) atoms. The lowest BCUT2D eigenvalue weighted by Gasteiger charge is -2.25. The van der Waals surface area contributed by atoms with Crippen LogP contribution in [0.3, 0.4) is 0 Å². The number of carbonyl (C=O) groups is 2. The molecule has 0 aromatic heterocycles. The van der Waals surface area contributed by atoms with E-state index in [2.05, 4.69) is 5.32 Å². The summed E-state index contributed by atoms with van der Waals surface area (Å²) in [6.45, 7) is 4.92. The number of aliphatic carboxylic acids is 1. The van der Waals surface area contributed by atoms with E-state index in [4.69, 9.17) is 9.84 Å². The molecule has 2 N–H and O–H groups in total. The average Bonchev–Trinajstić information content (AvgIpc) is 2.94. The highest BCUT2D eigenvalue weighted by Crippen LogP contribution is 2.41. The molecular weight excluding hydrogens is 284 g/mol. The van der Waals surface area contributed by atoms with Crippen molar-refractivity contribution in [2.45, 2.75) is 70.4 Å². The Labute approximate surface area is 123 Å². The van der Waals surface area contributed by atoms with Crippen molar-refractivity contribution in [1.29, 1.82) is 0 Å². The summed E-state index contributed by atoms with van der Waals surface area (Å²) in [5, 5.41) is 11.0. The molecule has 122 valence electrons. The van der Waals surface area contributed by atoms with Gasteiger partial charge in [-0.25, -0.2) is 13.6 Å². The summed E-state index contributed by atoms with van der Waals surface area (Å²) in [6, 6.07) is -1.15. The van der Waals surface area contributed by atoms with E-state index in [0.29, 0.717) is 0 Å². The molecule has 5 nitrogen and oxygen atoms in total. The fourth-order valence-corrected chi connectivity index (χ4v) is 2.05. The Bertz CT molecular complexity index is 389. The molecule has 0 saturated heterocycles. The van der Waals surface area contributed by atoms with E-state index in [9.17, 15) is 18.4 Å². The molecule has 1 fully saturated rings. The number of carboxylic acids is 1. The SMILES string of the molecule is CC(C)(C)OC(=O)N[C@@H](CC(=O)O)CC(F)(F)CC1CC1. The normalized spacial score (nSPS) is 17.2. The Hall–Kier alpha value is -1.40. The van der Waals surface area contributed by atoms with Gasteiger partial charge >= 0.3 is 12.1 Å². The summed E-state index contributed by atoms with van der Waals surface area (Å²) in [4.78, 5) is 22.4. The van der Waals surface area contributed by atoms with Crippen LogP contribution in [0.4, 0.5) is 13.6 Å². The van der Waals surface area contributed by atoms with Gasteiger partial charge in [-0.1, -0.05) is 0 Å². The standard InChI is InChI=1S/C14H23F2NO4/c1-13(2,3)21-12(20)17-10(6-11(18)19)8-14(15,16)7-9-4-5-9/h9-10H,4-8H2,1-3H3,(H,17,20)(H,18,19)/t10-/m0/s1. The van der Waals surface area contributed by atoms with Crippen LogP contribution in [0.25, 0.3) is 0 Å². The number of carbonyl (C=O) groups excluding carboxylic acids is 1. The van der Waals surface area contributed by atoms with Crippen LogP contribution in [0, 0.1) is 5.92 Å². The summed E-state index contributed by atoms with van der Waals surface area (Å²) in [7, 11) is 0. The molecule has 7 heteroatoms. The fraction of sp³-hybridized carbons (Fsp3) is 0.857. The van der Waals surface area contributed by atoms with Gasteiger partial charge in [0, 0.05) is 18.9 Å². The summed E-state index contributed by atoms with van der Waals surface area (Å²) in [6.07, 6.45) is -0.790. The maximum absolute atomic E-state index is 13.8. The summed E-state index contributed by atoms with van der Waals surface area (Å²) >= 11 is 0. The number of carboxylic acid groups (broad SMARTS) is 1. The van der Waals surface area contributed by atoms with Crippen LogP contribution >= 0.6 is 0 Å². The topological polar surface area (TPSA) is 75.6 Å². The van der Waals surface area contributed by atoms with Gasteiger partial charge in [0.2, 0.25) is 5.92 Å². The van der Waals surface area contributed by atoms with E-state index < -0.39 is 42.5 Å². The predicted molar refractivity (Wildman–Crippen MR) is 72.3 cm³/mol. The molecule has 1 amide bonds. The van der Waals surface area contributed by atoms with Crippen molar-refractivity contribution < 1.29 is 28.2 Å². The molecule has 0 aromatic carbocycles. The van der Waals surface area contributed by atoms with Crippen LogP contribution in [0.2, 0.25) is 0 Å². The average molecular weight is 307 g/mol. The molecule has 1 aliphatic carbocycles. The first-order chi connectivity index (χ1) is 9.47. The number of rotatable bonds is 7. The molecule has 1 aliphatic rings. The van der Waals surface area contributed by atoms with Crippen LogP contribution in [0.15, 0.2) is 0 Å². The molecule has 1 rings (SSSR count). The molecule has 0 heterocycles. The van der Waals surface area contributed by atoms with Crippen molar-refractivity contribution in [3.63, 3.8) is 0 Å². The number of halogens is 2. The van der Waals surface area contributed by atoms with Crippen molar-refractivity contribution in [2.75, 3.05) is 0 Å². The van der Waals surface area contributed by atoms with Gasteiger partial charge in [-0.3, -0.25) is 4.79 Å². The number of amides is 1. The third kappa shape index (κ3) is 8.47. The number of alkyl carbamates (subject to hydrolysis) is 1. The molecule has 0 spiro atoms.